The molecule has 0 radical (unpaired) electrons. The van der Waals surface area contributed by atoms with Gasteiger partial charge in [-0.2, -0.15) is 26.3 Å². The smallest absolute Gasteiger partial charge is 0.399 e. The van der Waals surface area contributed by atoms with E-state index in [9.17, 15) is 26.3 Å². The molecule has 1 aromatic heterocycles. The molecule has 2 nitrogen and oxygen atoms in total. The molecule has 2 N–H and O–H groups in total. The Kier molecular flexibility index (Phi) is 4.28. The first-order valence-electron chi connectivity index (χ1n) is 5.75. The Morgan fingerprint density at radius 2 is 1.45 bits per heavy atom. The lowest BCUT2D eigenvalue weighted by Gasteiger charge is -2.13. The number of hydrogen-bond acceptors (Lipinski definition) is 3. The Bertz CT molecular complexity index is 631. The average molecular weight is 338 g/mol. The summed E-state index contributed by atoms with van der Waals surface area (Å²) in [5.74, 6) is 0. The van der Waals surface area contributed by atoms with E-state index in [0.29, 0.717) is 28.4 Å². The molecule has 0 aliphatic heterocycles. The maximum atomic E-state index is 12.7. The second kappa shape index (κ2) is 5.71. The van der Waals surface area contributed by atoms with Crippen molar-refractivity contribution in [3.63, 3.8) is 0 Å². The van der Waals surface area contributed by atoms with E-state index in [4.69, 9.17) is 5.73 Å². The molecule has 2 aromatic rings. The fourth-order valence-corrected chi connectivity index (χ4v) is 2.37. The quantitative estimate of drug-likeness (QED) is 0.628. The zero-order valence-corrected chi connectivity index (χ0v) is 11.5. The fourth-order valence-electron chi connectivity index (χ4n) is 1.52. The molecule has 118 valence electrons. The van der Waals surface area contributed by atoms with Crippen LogP contribution in [-0.2, 0) is 12.4 Å². The Labute approximate surface area is 125 Å². The number of alkyl halides is 6. The van der Waals surface area contributed by atoms with Crippen molar-refractivity contribution in [1.29, 1.82) is 0 Å². The van der Waals surface area contributed by atoms with Crippen molar-refractivity contribution in [2.45, 2.75) is 22.3 Å². The molecule has 1 heterocycles. The minimum atomic E-state index is -4.96. The Hall–Kier alpha value is -1.90. The number of anilines is 1. The molecule has 0 saturated heterocycles. The molecule has 0 saturated carbocycles. The monoisotopic (exact) mass is 338 g/mol. The Morgan fingerprint density at radius 3 is 1.95 bits per heavy atom. The largest absolute Gasteiger partial charge is 0.433 e. The van der Waals surface area contributed by atoms with E-state index >= 15 is 0 Å². The van der Waals surface area contributed by atoms with Gasteiger partial charge in [0.05, 0.1) is 5.56 Å². The second-order valence-corrected chi connectivity index (χ2v) is 5.34. The van der Waals surface area contributed by atoms with Gasteiger partial charge < -0.3 is 5.73 Å². The maximum Gasteiger partial charge on any atom is 0.433 e. The molecule has 0 fully saturated rings. The van der Waals surface area contributed by atoms with Crippen LogP contribution in [0.4, 0.5) is 32.0 Å². The van der Waals surface area contributed by atoms with Gasteiger partial charge in [-0.25, -0.2) is 4.98 Å². The summed E-state index contributed by atoms with van der Waals surface area (Å²) in [6, 6.07) is 6.51. The normalized spacial score (nSPS) is 12.5. The van der Waals surface area contributed by atoms with Crippen LogP contribution >= 0.6 is 11.8 Å². The zero-order chi connectivity index (χ0) is 16.5. The molecule has 0 atom stereocenters. The van der Waals surface area contributed by atoms with Crippen LogP contribution in [0.15, 0.2) is 46.3 Å². The molecular formula is C13H8F6N2S. The van der Waals surface area contributed by atoms with Gasteiger partial charge in [0.1, 0.15) is 10.7 Å². The predicted octanol–water partition coefficient (Wildman–Crippen LogP) is 4.85. The van der Waals surface area contributed by atoms with E-state index in [1.807, 2.05) is 0 Å². The number of nitrogens with two attached hydrogens (primary N) is 1. The van der Waals surface area contributed by atoms with Crippen LogP contribution in [0.25, 0.3) is 0 Å². The van der Waals surface area contributed by atoms with E-state index in [0.717, 1.165) is 0 Å². The third-order valence-electron chi connectivity index (χ3n) is 2.52. The molecule has 0 spiro atoms. The van der Waals surface area contributed by atoms with Crippen LogP contribution in [0.1, 0.15) is 11.3 Å². The fraction of sp³-hybridized carbons (Fsp3) is 0.154. The first kappa shape index (κ1) is 16.5. The third-order valence-corrected chi connectivity index (χ3v) is 3.45. The predicted molar refractivity (Wildman–Crippen MR) is 69.2 cm³/mol. The molecule has 0 amide bonds. The molecule has 2 rings (SSSR count). The summed E-state index contributed by atoms with van der Waals surface area (Å²) in [6.45, 7) is 0. The number of aromatic nitrogens is 1. The van der Waals surface area contributed by atoms with Gasteiger partial charge in [-0.1, -0.05) is 11.8 Å². The van der Waals surface area contributed by atoms with Crippen LogP contribution in [-0.4, -0.2) is 4.98 Å². The summed E-state index contributed by atoms with van der Waals surface area (Å²) < 4.78 is 76.1. The lowest BCUT2D eigenvalue weighted by Crippen LogP contribution is -2.13. The number of pyridine rings is 1. The molecule has 22 heavy (non-hydrogen) atoms. The molecular weight excluding hydrogens is 330 g/mol. The van der Waals surface area contributed by atoms with Crippen LogP contribution < -0.4 is 5.73 Å². The van der Waals surface area contributed by atoms with Crippen LogP contribution in [0.5, 0.6) is 0 Å². The topological polar surface area (TPSA) is 38.9 Å². The van der Waals surface area contributed by atoms with Crippen LogP contribution in [0.2, 0.25) is 0 Å². The van der Waals surface area contributed by atoms with Crippen molar-refractivity contribution < 1.29 is 26.3 Å². The van der Waals surface area contributed by atoms with Gasteiger partial charge in [0, 0.05) is 10.6 Å². The van der Waals surface area contributed by atoms with E-state index in [-0.39, 0.29) is 6.07 Å². The van der Waals surface area contributed by atoms with E-state index in [1.54, 1.807) is 0 Å². The van der Waals surface area contributed by atoms with Gasteiger partial charge in [-0.05, 0) is 36.4 Å². The van der Waals surface area contributed by atoms with Gasteiger partial charge in [0.15, 0.2) is 0 Å². The summed E-state index contributed by atoms with van der Waals surface area (Å²) in [5, 5.41) is -0.396. The summed E-state index contributed by atoms with van der Waals surface area (Å²) in [4.78, 5) is 3.67. The number of nitrogens with zero attached hydrogens (tertiary/aromatic N) is 1. The third kappa shape index (κ3) is 4.06. The van der Waals surface area contributed by atoms with Gasteiger partial charge in [0.25, 0.3) is 0 Å². The van der Waals surface area contributed by atoms with Gasteiger partial charge in [-0.15, -0.1) is 0 Å². The number of nitrogen functional groups attached to an aromatic ring is 1. The summed E-state index contributed by atoms with van der Waals surface area (Å²) in [7, 11) is 0. The highest BCUT2D eigenvalue weighted by Gasteiger charge is 2.38. The van der Waals surface area contributed by atoms with Crippen LogP contribution in [0.3, 0.4) is 0 Å². The van der Waals surface area contributed by atoms with Crippen LogP contribution in [0, 0.1) is 0 Å². The SMILES string of the molecule is Nc1ccc(Sc2cc(C(F)(F)F)cc(C(F)(F)F)n2)cc1. The number of rotatable bonds is 2. The molecule has 0 aliphatic rings. The molecule has 0 unspecified atom stereocenters. The second-order valence-electron chi connectivity index (χ2n) is 4.25. The molecule has 0 bridgehead atoms. The maximum absolute atomic E-state index is 12.7. The van der Waals surface area contributed by atoms with Gasteiger partial charge in [-0.3, -0.25) is 0 Å². The van der Waals surface area contributed by atoms with Crippen molar-refractivity contribution in [2.24, 2.45) is 0 Å². The van der Waals surface area contributed by atoms with Crippen molar-refractivity contribution in [2.75, 3.05) is 5.73 Å². The van der Waals surface area contributed by atoms with Crippen molar-refractivity contribution >= 4 is 17.4 Å². The summed E-state index contributed by atoms with van der Waals surface area (Å²) in [5.41, 5.74) is 2.91. The van der Waals surface area contributed by atoms with Crippen molar-refractivity contribution in [1.82, 2.24) is 4.98 Å². The number of hydrogen-bond donors (Lipinski definition) is 1. The minimum Gasteiger partial charge on any atom is -0.399 e. The van der Waals surface area contributed by atoms with Crippen molar-refractivity contribution in [3.8, 4) is 0 Å². The summed E-state index contributed by atoms with van der Waals surface area (Å²) in [6.07, 6.45) is -9.85. The minimum absolute atomic E-state index is 0.00690. The lowest BCUT2D eigenvalue weighted by atomic mass is 10.2. The van der Waals surface area contributed by atoms with E-state index in [2.05, 4.69) is 4.98 Å². The van der Waals surface area contributed by atoms with Gasteiger partial charge >= 0.3 is 12.4 Å². The Balaban J connectivity index is 2.44. The molecule has 9 heteroatoms. The molecule has 0 aliphatic carbocycles. The van der Waals surface area contributed by atoms with E-state index < -0.39 is 28.6 Å². The highest BCUT2D eigenvalue weighted by molar-refractivity contribution is 7.99. The highest BCUT2D eigenvalue weighted by Crippen LogP contribution is 2.38. The lowest BCUT2D eigenvalue weighted by molar-refractivity contribution is -0.146. The standard InChI is InChI=1S/C13H8F6N2S/c14-12(15,16)7-5-10(13(17,18)19)21-11(6-7)22-9-3-1-8(20)2-4-9/h1-6H,20H2. The summed E-state index contributed by atoms with van der Waals surface area (Å²) >= 11 is 0.690. The van der Waals surface area contributed by atoms with Gasteiger partial charge in [0.2, 0.25) is 0 Å². The molecule has 1 aromatic carbocycles. The highest BCUT2D eigenvalue weighted by atomic mass is 32.2. The Morgan fingerprint density at radius 1 is 0.864 bits per heavy atom. The first-order valence-corrected chi connectivity index (χ1v) is 6.57. The van der Waals surface area contributed by atoms with E-state index in [1.165, 1.54) is 24.3 Å². The average Bonchev–Trinajstić information content (AvgIpc) is 2.39. The number of halogens is 6. The van der Waals surface area contributed by atoms with Crippen molar-refractivity contribution in [3.05, 3.63) is 47.7 Å². The zero-order valence-electron chi connectivity index (χ0n) is 10.7. The number of benzene rings is 1. The first-order chi connectivity index (χ1) is 10.1.